The largest absolute Gasteiger partial charge is 0.438 e. The molecule has 0 aliphatic carbocycles. The van der Waals surface area contributed by atoms with Gasteiger partial charge in [-0.25, -0.2) is 0 Å². The molecule has 3 aliphatic heterocycles. The predicted molar refractivity (Wildman–Crippen MR) is 81.5 cm³/mol. The SMILES string of the molecule is COCOC(=O)C1C2CCC(O2)C1C(=O)N1CCCN(C)CC1. The fraction of sp³-hybridized carbons (Fsp3) is 0.875. The number of nitrogens with zero attached hydrogens (tertiary/aromatic N) is 2. The first kappa shape index (κ1) is 16.7. The molecule has 1 amide bonds. The van der Waals surface area contributed by atoms with Gasteiger partial charge in [-0.1, -0.05) is 0 Å². The summed E-state index contributed by atoms with van der Waals surface area (Å²) in [6.45, 7) is 3.24. The molecule has 0 aromatic carbocycles. The number of esters is 1. The van der Waals surface area contributed by atoms with Crippen molar-refractivity contribution in [3.8, 4) is 0 Å². The number of likely N-dealkylation sites (N-methyl/N-ethyl adjacent to an activating group) is 1. The Morgan fingerprint density at radius 1 is 1.09 bits per heavy atom. The minimum absolute atomic E-state index is 0.0480. The summed E-state index contributed by atoms with van der Waals surface area (Å²) in [6.07, 6.45) is 2.30. The zero-order chi connectivity index (χ0) is 16.4. The van der Waals surface area contributed by atoms with Crippen molar-refractivity contribution >= 4 is 11.9 Å². The molecule has 3 aliphatic rings. The second-order valence-corrected chi connectivity index (χ2v) is 6.69. The molecular formula is C16H26N2O5. The van der Waals surface area contributed by atoms with Crippen molar-refractivity contribution < 1.29 is 23.8 Å². The minimum atomic E-state index is -0.489. The maximum Gasteiger partial charge on any atom is 0.314 e. The van der Waals surface area contributed by atoms with Gasteiger partial charge in [0.15, 0.2) is 6.79 Å². The van der Waals surface area contributed by atoms with Gasteiger partial charge in [0.2, 0.25) is 5.91 Å². The van der Waals surface area contributed by atoms with Crippen molar-refractivity contribution in [2.45, 2.75) is 31.5 Å². The Kier molecular flexibility index (Phi) is 5.18. The summed E-state index contributed by atoms with van der Waals surface area (Å²) >= 11 is 0. The van der Waals surface area contributed by atoms with Gasteiger partial charge in [0.1, 0.15) is 0 Å². The molecule has 7 heteroatoms. The molecule has 7 nitrogen and oxygen atoms in total. The predicted octanol–water partition coefficient (Wildman–Crippen LogP) is 0.0912. The first-order valence-electron chi connectivity index (χ1n) is 8.40. The van der Waals surface area contributed by atoms with Crippen molar-refractivity contribution in [1.29, 1.82) is 0 Å². The molecule has 0 radical (unpaired) electrons. The van der Waals surface area contributed by atoms with Crippen LogP contribution in [0.3, 0.4) is 0 Å². The van der Waals surface area contributed by atoms with E-state index in [4.69, 9.17) is 14.2 Å². The summed E-state index contributed by atoms with van der Waals surface area (Å²) in [4.78, 5) is 29.5. The number of ether oxygens (including phenoxy) is 3. The van der Waals surface area contributed by atoms with Gasteiger partial charge in [-0.05, 0) is 32.9 Å². The molecular weight excluding hydrogens is 300 g/mol. The lowest BCUT2D eigenvalue weighted by Crippen LogP contribution is -2.47. The Morgan fingerprint density at radius 3 is 2.57 bits per heavy atom. The Hall–Kier alpha value is -1.18. The molecule has 0 saturated carbocycles. The Labute approximate surface area is 136 Å². The fourth-order valence-corrected chi connectivity index (χ4v) is 3.98. The number of methoxy groups -OCH3 is 1. The van der Waals surface area contributed by atoms with Crippen LogP contribution in [0.1, 0.15) is 19.3 Å². The number of rotatable bonds is 4. The molecule has 2 bridgehead atoms. The van der Waals surface area contributed by atoms with E-state index in [0.29, 0.717) is 6.54 Å². The molecule has 3 rings (SSSR count). The fourth-order valence-electron chi connectivity index (χ4n) is 3.98. The Bertz CT molecular complexity index is 458. The van der Waals surface area contributed by atoms with E-state index in [2.05, 4.69) is 11.9 Å². The van der Waals surface area contributed by atoms with Crippen LogP contribution >= 0.6 is 0 Å². The molecule has 0 aromatic rings. The summed E-state index contributed by atoms with van der Waals surface area (Å²) in [5, 5.41) is 0. The van der Waals surface area contributed by atoms with E-state index < -0.39 is 11.8 Å². The highest BCUT2D eigenvalue weighted by molar-refractivity contribution is 5.87. The zero-order valence-electron chi connectivity index (χ0n) is 13.9. The van der Waals surface area contributed by atoms with E-state index in [1.165, 1.54) is 7.11 Å². The van der Waals surface area contributed by atoms with Crippen LogP contribution in [0.25, 0.3) is 0 Å². The third kappa shape index (κ3) is 3.36. The van der Waals surface area contributed by atoms with Gasteiger partial charge < -0.3 is 24.0 Å². The van der Waals surface area contributed by atoms with Crippen molar-refractivity contribution in [3.63, 3.8) is 0 Å². The van der Waals surface area contributed by atoms with Crippen molar-refractivity contribution in [2.75, 3.05) is 47.1 Å². The number of fused-ring (bicyclic) bond motifs is 2. The standard InChI is InChI=1S/C16H26N2O5/c1-17-6-3-7-18(9-8-17)15(19)13-11-4-5-12(23-11)14(13)16(20)22-10-21-2/h11-14H,3-10H2,1-2H3. The van der Waals surface area contributed by atoms with E-state index in [1.54, 1.807) is 0 Å². The summed E-state index contributed by atoms with van der Waals surface area (Å²) < 4.78 is 15.8. The number of carbonyl (C=O) groups is 2. The van der Waals surface area contributed by atoms with E-state index in [9.17, 15) is 9.59 Å². The zero-order valence-corrected chi connectivity index (χ0v) is 13.9. The average molecular weight is 326 g/mol. The van der Waals surface area contributed by atoms with Gasteiger partial charge in [0.05, 0.1) is 24.0 Å². The molecule has 130 valence electrons. The van der Waals surface area contributed by atoms with Gasteiger partial charge in [-0.3, -0.25) is 9.59 Å². The molecule has 23 heavy (non-hydrogen) atoms. The summed E-state index contributed by atoms with van der Waals surface area (Å²) in [6, 6.07) is 0. The highest BCUT2D eigenvalue weighted by atomic mass is 16.7. The van der Waals surface area contributed by atoms with Gasteiger partial charge >= 0.3 is 5.97 Å². The molecule has 0 aromatic heterocycles. The number of hydrogen-bond acceptors (Lipinski definition) is 6. The highest BCUT2D eigenvalue weighted by Gasteiger charge is 2.56. The molecule has 4 atom stereocenters. The van der Waals surface area contributed by atoms with Gasteiger partial charge in [0, 0.05) is 26.7 Å². The quantitative estimate of drug-likeness (QED) is 0.539. The topological polar surface area (TPSA) is 68.3 Å². The number of hydrogen-bond donors (Lipinski definition) is 0. The lowest BCUT2D eigenvalue weighted by molar-refractivity contribution is -0.164. The summed E-state index contributed by atoms with van der Waals surface area (Å²) in [5.74, 6) is -1.21. The average Bonchev–Trinajstić information content (AvgIpc) is 3.09. The maximum absolute atomic E-state index is 13.0. The van der Waals surface area contributed by atoms with Crippen LogP contribution in [0.2, 0.25) is 0 Å². The molecule has 0 spiro atoms. The van der Waals surface area contributed by atoms with E-state index in [-0.39, 0.29) is 30.9 Å². The monoisotopic (exact) mass is 326 g/mol. The highest BCUT2D eigenvalue weighted by Crippen LogP contribution is 2.45. The summed E-state index contributed by atoms with van der Waals surface area (Å²) in [5.41, 5.74) is 0. The number of carbonyl (C=O) groups excluding carboxylic acids is 2. The van der Waals surface area contributed by atoms with Crippen LogP contribution in [0, 0.1) is 11.8 Å². The number of amides is 1. The molecule has 0 N–H and O–H groups in total. The first-order valence-corrected chi connectivity index (χ1v) is 8.40. The third-order valence-electron chi connectivity index (χ3n) is 5.18. The lowest BCUT2D eigenvalue weighted by Gasteiger charge is -2.30. The molecule has 3 saturated heterocycles. The molecule has 4 unspecified atom stereocenters. The smallest absolute Gasteiger partial charge is 0.314 e. The van der Waals surface area contributed by atoms with E-state index in [0.717, 1.165) is 38.9 Å². The van der Waals surface area contributed by atoms with E-state index in [1.807, 2.05) is 4.90 Å². The van der Waals surface area contributed by atoms with Crippen molar-refractivity contribution in [3.05, 3.63) is 0 Å². The Morgan fingerprint density at radius 2 is 1.83 bits per heavy atom. The minimum Gasteiger partial charge on any atom is -0.438 e. The summed E-state index contributed by atoms with van der Waals surface area (Å²) in [7, 11) is 3.54. The van der Waals surface area contributed by atoms with Crippen LogP contribution in [-0.4, -0.2) is 81.0 Å². The van der Waals surface area contributed by atoms with Crippen LogP contribution in [0.5, 0.6) is 0 Å². The van der Waals surface area contributed by atoms with Crippen molar-refractivity contribution in [2.24, 2.45) is 11.8 Å². The van der Waals surface area contributed by atoms with Gasteiger partial charge in [-0.2, -0.15) is 0 Å². The lowest BCUT2D eigenvalue weighted by atomic mass is 9.78. The van der Waals surface area contributed by atoms with Crippen LogP contribution in [-0.2, 0) is 23.8 Å². The first-order chi connectivity index (χ1) is 11.1. The van der Waals surface area contributed by atoms with Crippen LogP contribution in [0.4, 0.5) is 0 Å². The van der Waals surface area contributed by atoms with Gasteiger partial charge in [-0.15, -0.1) is 0 Å². The normalized spacial score (nSPS) is 34.4. The maximum atomic E-state index is 13.0. The van der Waals surface area contributed by atoms with E-state index >= 15 is 0 Å². The molecule has 3 heterocycles. The van der Waals surface area contributed by atoms with Crippen LogP contribution in [0.15, 0.2) is 0 Å². The molecule has 3 fully saturated rings. The van der Waals surface area contributed by atoms with Crippen molar-refractivity contribution in [1.82, 2.24) is 9.80 Å². The second kappa shape index (κ2) is 7.15. The van der Waals surface area contributed by atoms with Gasteiger partial charge in [0.25, 0.3) is 0 Å². The Balaban J connectivity index is 1.70. The van der Waals surface area contributed by atoms with Crippen LogP contribution < -0.4 is 0 Å². The third-order valence-corrected chi connectivity index (χ3v) is 5.18. The second-order valence-electron chi connectivity index (χ2n) is 6.69.